The number of esters is 4. The maximum Gasteiger partial charge on any atom is 0.472 e. The van der Waals surface area contributed by atoms with E-state index in [1.54, 1.807) is 0 Å². The number of phosphoric acid groups is 2. The van der Waals surface area contributed by atoms with Crippen LogP contribution in [0.2, 0.25) is 0 Å². The van der Waals surface area contributed by atoms with Crippen LogP contribution in [0.1, 0.15) is 401 Å². The van der Waals surface area contributed by atoms with Crippen LogP contribution in [0.5, 0.6) is 0 Å². The first-order valence-electron chi connectivity index (χ1n) is 39.7. The first-order chi connectivity index (χ1) is 46.1. The Kier molecular flexibility index (Phi) is 67.7. The van der Waals surface area contributed by atoms with Crippen molar-refractivity contribution in [3.8, 4) is 0 Å². The van der Waals surface area contributed by atoms with E-state index in [1.807, 2.05) is 0 Å². The number of carbonyl (C=O) groups excluding carboxylic acids is 4. The zero-order chi connectivity index (χ0) is 69.8. The minimum absolute atomic E-state index is 0.103. The fourth-order valence-corrected chi connectivity index (χ4v) is 13.3. The number of aliphatic hydroxyl groups excluding tert-OH is 1. The van der Waals surface area contributed by atoms with Gasteiger partial charge in [0.15, 0.2) is 12.2 Å². The third-order valence-electron chi connectivity index (χ3n) is 18.1. The molecule has 0 amide bonds. The maximum atomic E-state index is 13.1. The lowest BCUT2D eigenvalue weighted by atomic mass is 10.00. The largest absolute Gasteiger partial charge is 0.472 e. The van der Waals surface area contributed by atoms with E-state index in [1.165, 1.54) is 225 Å². The molecule has 3 unspecified atom stereocenters. The van der Waals surface area contributed by atoms with E-state index in [0.29, 0.717) is 25.7 Å². The van der Waals surface area contributed by atoms with Gasteiger partial charge in [0, 0.05) is 25.7 Å². The molecule has 95 heavy (non-hydrogen) atoms. The Morgan fingerprint density at radius 1 is 0.295 bits per heavy atom. The summed E-state index contributed by atoms with van der Waals surface area (Å²) in [5.74, 6) is -1.40. The van der Waals surface area contributed by atoms with Crippen molar-refractivity contribution in [1.82, 2.24) is 0 Å². The van der Waals surface area contributed by atoms with Crippen molar-refractivity contribution in [1.29, 1.82) is 0 Å². The third-order valence-corrected chi connectivity index (χ3v) is 20.0. The second-order valence-corrected chi connectivity index (χ2v) is 30.5. The lowest BCUT2D eigenvalue weighted by molar-refractivity contribution is -0.161. The molecule has 0 aromatic carbocycles. The van der Waals surface area contributed by atoms with Gasteiger partial charge >= 0.3 is 39.5 Å². The summed E-state index contributed by atoms with van der Waals surface area (Å²) in [6, 6.07) is 0. The van der Waals surface area contributed by atoms with Gasteiger partial charge in [0.1, 0.15) is 19.3 Å². The van der Waals surface area contributed by atoms with E-state index in [2.05, 4.69) is 34.6 Å². The highest BCUT2D eigenvalue weighted by atomic mass is 31.2. The van der Waals surface area contributed by atoms with Gasteiger partial charge in [-0.25, -0.2) is 9.13 Å². The summed E-state index contributed by atoms with van der Waals surface area (Å²) in [6.45, 7) is 7.23. The number of hydrogen-bond donors (Lipinski definition) is 3. The van der Waals surface area contributed by atoms with Gasteiger partial charge in [-0.3, -0.25) is 37.3 Å². The number of ether oxygens (including phenoxy) is 4. The summed E-state index contributed by atoms with van der Waals surface area (Å²) in [6.07, 6.45) is 58.4. The second kappa shape index (κ2) is 69.2. The molecule has 0 radical (unpaired) electrons. The van der Waals surface area contributed by atoms with Crippen LogP contribution >= 0.6 is 15.6 Å². The number of aliphatic hydroxyl groups is 1. The molecule has 6 atom stereocenters. The summed E-state index contributed by atoms with van der Waals surface area (Å²) >= 11 is 0. The average Bonchev–Trinajstić information content (AvgIpc) is 1.88. The molecule has 0 saturated carbocycles. The minimum atomic E-state index is -4.96. The second-order valence-electron chi connectivity index (χ2n) is 27.6. The van der Waals surface area contributed by atoms with Crippen molar-refractivity contribution in [2.45, 2.75) is 419 Å². The van der Waals surface area contributed by atoms with E-state index in [4.69, 9.17) is 37.0 Å². The van der Waals surface area contributed by atoms with Crippen LogP contribution in [0.4, 0.5) is 0 Å². The van der Waals surface area contributed by atoms with Crippen LogP contribution in [0.15, 0.2) is 0 Å². The zero-order valence-electron chi connectivity index (χ0n) is 61.8. The molecule has 0 aromatic rings. The number of hydrogen-bond acceptors (Lipinski definition) is 15. The standard InChI is InChI=1S/C76H148O17P2/c1-6-10-13-16-19-22-24-26-28-30-31-32-33-35-37-39-42-45-51-56-61-75(80)92-71(65-87-74(79)60-55-50-44-41-38-36-34-29-27-25-23-20-17-14-11-7-2)67-90-94(82,83)88-63-70(77)64-89-95(84,85)91-68-72(66-86-73(78)59-54-49-43-40-21-18-15-12-8-3)93-76(81)62-57-52-47-46-48-53-58-69(5)9-4/h69-72,77H,6-68H2,1-5H3,(H,82,83)(H,84,85)/t69?,70-,71-,72-/m1/s1. The SMILES string of the molecule is CCCCCCCCCCCCCCCCCCCCCCC(=O)O[C@H](COC(=O)CCCCCCCCCCCCCCCCCC)COP(=O)(O)OC[C@@H](O)COP(=O)(O)OC[C@@H](COC(=O)CCCCCCCCCCC)OC(=O)CCCCCCCCC(C)CC. The van der Waals surface area contributed by atoms with E-state index >= 15 is 0 Å². The Hall–Kier alpha value is -1.94. The Balaban J connectivity index is 5.19. The quantitative estimate of drug-likeness (QED) is 0.0222. The smallest absolute Gasteiger partial charge is 0.462 e. The third kappa shape index (κ3) is 69.0. The summed E-state index contributed by atoms with van der Waals surface area (Å²) in [5.41, 5.74) is 0. The summed E-state index contributed by atoms with van der Waals surface area (Å²) in [5, 5.41) is 10.6. The first kappa shape index (κ1) is 93.1. The lowest BCUT2D eigenvalue weighted by Gasteiger charge is -2.21. The molecule has 0 aliphatic rings. The van der Waals surface area contributed by atoms with Crippen molar-refractivity contribution < 1.29 is 80.2 Å². The average molecular weight is 1400 g/mol. The highest BCUT2D eigenvalue weighted by Crippen LogP contribution is 2.45. The van der Waals surface area contributed by atoms with Crippen LogP contribution in [0.25, 0.3) is 0 Å². The molecule has 3 N–H and O–H groups in total. The number of rotatable bonds is 76. The Labute approximate surface area is 581 Å². The van der Waals surface area contributed by atoms with Crippen LogP contribution in [-0.4, -0.2) is 96.7 Å². The Morgan fingerprint density at radius 2 is 0.505 bits per heavy atom. The van der Waals surface area contributed by atoms with Crippen LogP contribution in [0.3, 0.4) is 0 Å². The normalized spacial score (nSPS) is 14.2. The summed E-state index contributed by atoms with van der Waals surface area (Å²) in [4.78, 5) is 72.7. The molecule has 0 fully saturated rings. The van der Waals surface area contributed by atoms with Gasteiger partial charge in [0.05, 0.1) is 26.4 Å². The number of unbranched alkanes of at least 4 members (excludes halogenated alkanes) is 47. The molecule has 0 rings (SSSR count). The van der Waals surface area contributed by atoms with Crippen LogP contribution in [0, 0.1) is 5.92 Å². The molecule has 17 nitrogen and oxygen atoms in total. The predicted octanol–water partition coefficient (Wildman–Crippen LogP) is 22.5. The summed E-state index contributed by atoms with van der Waals surface area (Å²) in [7, 11) is -9.91. The van der Waals surface area contributed by atoms with Crippen LogP contribution in [-0.2, 0) is 65.4 Å². The van der Waals surface area contributed by atoms with Gasteiger partial charge in [-0.2, -0.15) is 0 Å². The van der Waals surface area contributed by atoms with Crippen molar-refractivity contribution in [3.63, 3.8) is 0 Å². The van der Waals surface area contributed by atoms with Gasteiger partial charge in [0.2, 0.25) is 0 Å². The molecule has 564 valence electrons. The molecule has 0 spiro atoms. The van der Waals surface area contributed by atoms with Gasteiger partial charge in [-0.15, -0.1) is 0 Å². The molecule has 0 heterocycles. The zero-order valence-corrected chi connectivity index (χ0v) is 63.6. The molecule has 0 bridgehead atoms. The van der Waals surface area contributed by atoms with Gasteiger partial charge in [-0.1, -0.05) is 349 Å². The number of carbonyl (C=O) groups is 4. The highest BCUT2D eigenvalue weighted by molar-refractivity contribution is 7.47. The fraction of sp³-hybridized carbons (Fsp3) is 0.947. The van der Waals surface area contributed by atoms with E-state index < -0.39 is 97.5 Å². The molecular formula is C76H148O17P2. The summed E-state index contributed by atoms with van der Waals surface area (Å²) < 4.78 is 68.4. The molecule has 0 aromatic heterocycles. The van der Waals surface area contributed by atoms with E-state index in [0.717, 1.165) is 95.8 Å². The molecular weight excluding hydrogens is 1250 g/mol. The Bertz CT molecular complexity index is 1820. The van der Waals surface area contributed by atoms with Crippen molar-refractivity contribution in [2.75, 3.05) is 39.6 Å². The lowest BCUT2D eigenvalue weighted by Crippen LogP contribution is -2.30. The van der Waals surface area contributed by atoms with Crippen molar-refractivity contribution in [3.05, 3.63) is 0 Å². The number of phosphoric ester groups is 2. The van der Waals surface area contributed by atoms with E-state index in [-0.39, 0.29) is 25.7 Å². The van der Waals surface area contributed by atoms with Crippen LogP contribution < -0.4 is 0 Å². The molecule has 0 aliphatic carbocycles. The first-order valence-corrected chi connectivity index (χ1v) is 42.7. The maximum absolute atomic E-state index is 13.1. The Morgan fingerprint density at radius 3 is 0.747 bits per heavy atom. The van der Waals surface area contributed by atoms with Crippen molar-refractivity contribution in [2.24, 2.45) is 5.92 Å². The predicted molar refractivity (Wildman–Crippen MR) is 386 cm³/mol. The van der Waals surface area contributed by atoms with Gasteiger partial charge in [-0.05, 0) is 31.6 Å². The molecule has 19 heteroatoms. The van der Waals surface area contributed by atoms with Gasteiger partial charge < -0.3 is 33.8 Å². The highest BCUT2D eigenvalue weighted by Gasteiger charge is 2.30. The van der Waals surface area contributed by atoms with Crippen molar-refractivity contribution >= 4 is 39.5 Å². The minimum Gasteiger partial charge on any atom is -0.462 e. The topological polar surface area (TPSA) is 237 Å². The van der Waals surface area contributed by atoms with Gasteiger partial charge in [0.25, 0.3) is 0 Å². The molecule has 0 saturated heterocycles. The fourth-order valence-electron chi connectivity index (χ4n) is 11.7. The monoisotopic (exact) mass is 1400 g/mol. The van der Waals surface area contributed by atoms with E-state index in [9.17, 15) is 43.2 Å². The molecule has 0 aliphatic heterocycles.